The van der Waals surface area contributed by atoms with E-state index in [2.05, 4.69) is 56.4 Å². The van der Waals surface area contributed by atoms with Gasteiger partial charge in [-0.05, 0) is 70.6 Å². The van der Waals surface area contributed by atoms with E-state index in [0.29, 0.717) is 23.9 Å². The molecule has 56 heavy (non-hydrogen) atoms. The molecule has 0 radical (unpaired) electrons. The molecule has 0 N–H and O–H groups in total. The lowest BCUT2D eigenvalue weighted by Crippen LogP contribution is -2.37. The number of hydrogen-bond acceptors (Lipinski definition) is 8. The van der Waals surface area contributed by atoms with Crippen LogP contribution < -0.4 is 4.89 Å². The van der Waals surface area contributed by atoms with Gasteiger partial charge in [-0.3, -0.25) is 14.2 Å². The molecule has 0 fully saturated rings. The van der Waals surface area contributed by atoms with Crippen molar-refractivity contribution < 1.29 is 42.1 Å². The molecule has 0 amide bonds. The maximum absolute atomic E-state index is 12.7. The van der Waals surface area contributed by atoms with Gasteiger partial charge in [-0.15, -0.1) is 0 Å². The minimum atomic E-state index is -4.64. The fourth-order valence-corrected chi connectivity index (χ4v) is 6.51. The summed E-state index contributed by atoms with van der Waals surface area (Å²) in [5.74, 6) is -0.902. The van der Waals surface area contributed by atoms with Crippen molar-refractivity contribution in [1.29, 1.82) is 0 Å². The van der Waals surface area contributed by atoms with Crippen LogP contribution in [0.25, 0.3) is 0 Å². The SMILES string of the molecule is CCCCCC/C=C/CCCCCCCCCC(=O)OC[C@H](COP(=O)([O-])OCC[N+](C)(C)C)OC(=O)CCC/C=C/C/C=C/C/C=C/CCCCCCCC. The number of nitrogens with zero attached hydrogens (tertiary/aromatic N) is 1. The van der Waals surface area contributed by atoms with E-state index in [1.54, 1.807) is 0 Å². The van der Waals surface area contributed by atoms with E-state index in [0.717, 1.165) is 51.4 Å². The molecule has 0 spiro atoms. The fourth-order valence-electron chi connectivity index (χ4n) is 5.78. The minimum Gasteiger partial charge on any atom is -0.756 e. The molecule has 9 nitrogen and oxygen atoms in total. The Morgan fingerprint density at radius 2 is 0.982 bits per heavy atom. The maximum Gasteiger partial charge on any atom is 0.306 e. The van der Waals surface area contributed by atoms with Gasteiger partial charge in [0.25, 0.3) is 7.82 Å². The summed E-state index contributed by atoms with van der Waals surface area (Å²) < 4.78 is 33.8. The Hall–Kier alpha value is -2.03. The summed E-state index contributed by atoms with van der Waals surface area (Å²) >= 11 is 0. The van der Waals surface area contributed by atoms with E-state index in [4.69, 9.17) is 18.5 Å². The highest BCUT2D eigenvalue weighted by Crippen LogP contribution is 2.38. The van der Waals surface area contributed by atoms with Crippen molar-refractivity contribution in [3.8, 4) is 0 Å². The first kappa shape index (κ1) is 54.0. The summed E-state index contributed by atoms with van der Waals surface area (Å²) in [5, 5.41) is 0. The first-order valence-electron chi connectivity index (χ1n) is 22.3. The van der Waals surface area contributed by atoms with Crippen LogP contribution in [0.3, 0.4) is 0 Å². The molecule has 0 aliphatic heterocycles. The average molecular weight is 810 g/mol. The molecule has 0 saturated heterocycles. The molecule has 0 rings (SSSR count). The smallest absolute Gasteiger partial charge is 0.306 e. The van der Waals surface area contributed by atoms with Gasteiger partial charge in [0, 0.05) is 12.8 Å². The van der Waals surface area contributed by atoms with Crippen molar-refractivity contribution in [1.82, 2.24) is 0 Å². The van der Waals surface area contributed by atoms with Crippen molar-refractivity contribution >= 4 is 19.8 Å². The van der Waals surface area contributed by atoms with Crippen LogP contribution >= 0.6 is 7.82 Å². The number of carbonyl (C=O) groups is 2. The molecule has 0 aliphatic rings. The Labute approximate surface area is 343 Å². The number of carbonyl (C=O) groups excluding carboxylic acids is 2. The van der Waals surface area contributed by atoms with E-state index in [1.807, 2.05) is 27.2 Å². The van der Waals surface area contributed by atoms with Crippen molar-refractivity contribution in [3.63, 3.8) is 0 Å². The second-order valence-electron chi connectivity index (χ2n) is 16.1. The highest BCUT2D eigenvalue weighted by Gasteiger charge is 2.21. The van der Waals surface area contributed by atoms with Crippen molar-refractivity contribution in [2.75, 3.05) is 47.5 Å². The minimum absolute atomic E-state index is 0.0417. The highest BCUT2D eigenvalue weighted by molar-refractivity contribution is 7.45. The predicted octanol–water partition coefficient (Wildman–Crippen LogP) is 12.1. The second-order valence-corrected chi connectivity index (χ2v) is 17.5. The highest BCUT2D eigenvalue weighted by atomic mass is 31.2. The third-order valence-electron chi connectivity index (χ3n) is 9.32. The summed E-state index contributed by atoms with van der Waals surface area (Å²) in [5.41, 5.74) is 0. The second kappa shape index (κ2) is 38.5. The van der Waals surface area contributed by atoms with Gasteiger partial charge in [0.15, 0.2) is 6.10 Å². The van der Waals surface area contributed by atoms with Crippen molar-refractivity contribution in [3.05, 3.63) is 48.6 Å². The molecule has 0 aliphatic carbocycles. The average Bonchev–Trinajstić information content (AvgIpc) is 3.15. The number of quaternary nitrogens is 1. The Morgan fingerprint density at radius 3 is 1.52 bits per heavy atom. The number of ether oxygens (including phenoxy) is 2. The number of esters is 2. The Morgan fingerprint density at radius 1 is 0.554 bits per heavy atom. The normalized spacial score (nSPS) is 14.0. The van der Waals surface area contributed by atoms with Crippen molar-refractivity contribution in [2.24, 2.45) is 0 Å². The van der Waals surface area contributed by atoms with Gasteiger partial charge in [-0.2, -0.15) is 0 Å². The number of allylic oxidation sites excluding steroid dienone is 8. The monoisotopic (exact) mass is 810 g/mol. The number of phosphoric ester groups is 1. The summed E-state index contributed by atoms with van der Waals surface area (Å²) in [6, 6.07) is 0. The Bertz CT molecular complexity index is 1100. The summed E-state index contributed by atoms with van der Waals surface area (Å²) in [4.78, 5) is 37.5. The molecule has 10 heteroatoms. The summed E-state index contributed by atoms with van der Waals surface area (Å²) in [6.07, 6.45) is 44.3. The zero-order valence-corrected chi connectivity index (χ0v) is 37.5. The lowest BCUT2D eigenvalue weighted by Gasteiger charge is -2.28. The Kier molecular flexibility index (Phi) is 37.1. The van der Waals surface area contributed by atoms with E-state index in [1.165, 1.54) is 89.9 Å². The quantitative estimate of drug-likeness (QED) is 0.0198. The van der Waals surface area contributed by atoms with Crippen LogP contribution in [-0.4, -0.2) is 70.0 Å². The molecule has 0 aromatic heterocycles. The van der Waals surface area contributed by atoms with Crippen LogP contribution in [-0.2, 0) is 32.7 Å². The van der Waals surface area contributed by atoms with Gasteiger partial charge in [0.2, 0.25) is 0 Å². The fraction of sp³-hybridized carbons (Fsp3) is 0.783. The third kappa shape index (κ3) is 41.6. The number of hydrogen-bond donors (Lipinski definition) is 0. The van der Waals surface area contributed by atoms with Crippen LogP contribution in [0.2, 0.25) is 0 Å². The first-order chi connectivity index (χ1) is 27.0. The molecular formula is C46H84NO8P. The standard InChI is InChI=1S/C46H84NO8P/c1-6-8-10-12-14-16-18-20-22-23-25-27-29-31-33-35-37-39-46(49)55-44(43-54-56(50,51)53-41-40-47(3,4)5)42-52-45(48)38-36-34-32-30-28-26-24-21-19-17-15-13-11-9-7-2/h17,19-20,22,25,27,31,33,44H,6-16,18,21,23-24,26,28-30,32,34-43H2,1-5H3/b19-17+,22-20+,27-25+,33-31+/t44-/m1/s1. The zero-order valence-electron chi connectivity index (χ0n) is 36.6. The van der Waals surface area contributed by atoms with E-state index in [9.17, 15) is 19.0 Å². The van der Waals surface area contributed by atoms with Crippen molar-refractivity contribution in [2.45, 2.75) is 187 Å². The van der Waals surface area contributed by atoms with Gasteiger partial charge >= 0.3 is 11.9 Å². The van der Waals surface area contributed by atoms with E-state index in [-0.39, 0.29) is 26.1 Å². The molecule has 0 aromatic carbocycles. The number of likely N-dealkylation sites (N-methyl/N-ethyl adjacent to an activating group) is 1. The first-order valence-corrected chi connectivity index (χ1v) is 23.8. The Balaban J connectivity index is 4.45. The van der Waals surface area contributed by atoms with Gasteiger partial charge < -0.3 is 27.9 Å². The summed E-state index contributed by atoms with van der Waals surface area (Å²) in [7, 11) is 1.13. The van der Waals surface area contributed by atoms with E-state index >= 15 is 0 Å². The van der Waals surface area contributed by atoms with Crippen LogP contribution in [0.4, 0.5) is 0 Å². The van der Waals surface area contributed by atoms with Gasteiger partial charge in [-0.25, -0.2) is 0 Å². The molecule has 0 bridgehead atoms. The summed E-state index contributed by atoms with van der Waals surface area (Å²) in [6.45, 7) is 4.14. The molecular weight excluding hydrogens is 725 g/mol. The third-order valence-corrected chi connectivity index (χ3v) is 10.3. The maximum atomic E-state index is 12.7. The topological polar surface area (TPSA) is 111 Å². The number of unbranched alkanes of at least 4 members (excludes halogenated alkanes) is 18. The lowest BCUT2D eigenvalue weighted by molar-refractivity contribution is -0.870. The van der Waals surface area contributed by atoms with Gasteiger partial charge in [0.1, 0.15) is 19.8 Å². The van der Waals surface area contributed by atoms with Crippen LogP contribution in [0, 0.1) is 0 Å². The van der Waals surface area contributed by atoms with E-state index < -0.39 is 32.5 Å². The zero-order chi connectivity index (χ0) is 41.4. The molecule has 0 aromatic rings. The number of rotatable bonds is 40. The van der Waals surface area contributed by atoms with Gasteiger partial charge in [0.05, 0.1) is 27.7 Å². The van der Waals surface area contributed by atoms with Crippen LogP contribution in [0.15, 0.2) is 48.6 Å². The molecule has 0 heterocycles. The molecule has 1 unspecified atom stereocenters. The van der Waals surface area contributed by atoms with Crippen LogP contribution in [0.1, 0.15) is 181 Å². The number of phosphoric acid groups is 1. The molecule has 326 valence electrons. The van der Waals surface area contributed by atoms with Crippen LogP contribution in [0.5, 0.6) is 0 Å². The van der Waals surface area contributed by atoms with Gasteiger partial charge in [-0.1, -0.05) is 146 Å². The largest absolute Gasteiger partial charge is 0.756 e. The lowest BCUT2D eigenvalue weighted by atomic mass is 10.1. The predicted molar refractivity (Wildman–Crippen MR) is 231 cm³/mol. The molecule has 2 atom stereocenters. The molecule has 0 saturated carbocycles.